The highest BCUT2D eigenvalue weighted by atomic mass is 35.5. The van der Waals surface area contributed by atoms with Crippen LogP contribution in [0.15, 0.2) is 55.0 Å². The fourth-order valence-corrected chi connectivity index (χ4v) is 2.53. The quantitative estimate of drug-likeness (QED) is 0.665. The lowest BCUT2D eigenvalue weighted by Gasteiger charge is -2.13. The molecule has 3 aromatic rings. The third-order valence-electron chi connectivity index (χ3n) is 3.44. The molecule has 0 saturated carbocycles. The number of rotatable bonds is 5. The van der Waals surface area contributed by atoms with Crippen LogP contribution in [0.1, 0.15) is 34.6 Å². The third-order valence-corrected chi connectivity index (χ3v) is 3.79. The van der Waals surface area contributed by atoms with E-state index in [9.17, 15) is 4.79 Å². The molecule has 122 valence electrons. The standard InChI is InChI=1S/C17H15ClN4O2/c1-12(14-6-2-3-7-15(14)18)24-17(23)16-11-22(21-20-16)10-13-5-4-8-19-9-13/h2-9,11-12H,10H2,1H3/t12-/m1/s1. The Hall–Kier alpha value is -2.73. The molecule has 1 atom stereocenters. The molecule has 0 bridgehead atoms. The average molecular weight is 343 g/mol. The van der Waals surface area contributed by atoms with Crippen molar-refractivity contribution in [2.45, 2.75) is 19.6 Å². The van der Waals surface area contributed by atoms with E-state index in [-0.39, 0.29) is 5.69 Å². The number of aromatic nitrogens is 4. The van der Waals surface area contributed by atoms with Crippen molar-refractivity contribution in [3.8, 4) is 0 Å². The Kier molecular flexibility index (Phi) is 4.86. The summed E-state index contributed by atoms with van der Waals surface area (Å²) in [6.07, 6.45) is 4.51. The minimum atomic E-state index is -0.542. The zero-order valence-electron chi connectivity index (χ0n) is 13.0. The lowest BCUT2D eigenvalue weighted by Crippen LogP contribution is -2.10. The number of pyridine rings is 1. The fourth-order valence-electron chi connectivity index (χ4n) is 2.24. The van der Waals surface area contributed by atoms with Crippen molar-refractivity contribution in [1.82, 2.24) is 20.0 Å². The number of hydrogen-bond donors (Lipinski definition) is 0. The van der Waals surface area contributed by atoms with Gasteiger partial charge in [0, 0.05) is 23.0 Å². The van der Waals surface area contributed by atoms with E-state index in [0.29, 0.717) is 11.6 Å². The van der Waals surface area contributed by atoms with Gasteiger partial charge in [-0.1, -0.05) is 41.1 Å². The summed E-state index contributed by atoms with van der Waals surface area (Å²) >= 11 is 6.11. The van der Waals surface area contributed by atoms with E-state index in [4.69, 9.17) is 16.3 Å². The van der Waals surface area contributed by atoms with Gasteiger partial charge in [-0.15, -0.1) is 5.10 Å². The summed E-state index contributed by atoms with van der Waals surface area (Å²) in [5.74, 6) is -0.542. The first kappa shape index (κ1) is 16.1. The van der Waals surface area contributed by atoms with E-state index in [1.807, 2.05) is 30.3 Å². The van der Waals surface area contributed by atoms with E-state index in [0.717, 1.165) is 11.1 Å². The molecule has 6 nitrogen and oxygen atoms in total. The number of nitrogens with zero attached hydrogens (tertiary/aromatic N) is 4. The van der Waals surface area contributed by atoms with Gasteiger partial charge < -0.3 is 4.74 Å². The first-order chi connectivity index (χ1) is 11.6. The molecule has 0 saturated heterocycles. The lowest BCUT2D eigenvalue weighted by molar-refractivity contribution is 0.0331. The van der Waals surface area contributed by atoms with E-state index < -0.39 is 12.1 Å². The molecule has 3 rings (SSSR count). The Labute approximate surface area is 144 Å². The minimum absolute atomic E-state index is 0.151. The largest absolute Gasteiger partial charge is 0.453 e. The molecule has 7 heteroatoms. The topological polar surface area (TPSA) is 69.9 Å². The monoisotopic (exact) mass is 342 g/mol. The average Bonchev–Trinajstić information content (AvgIpc) is 3.04. The summed E-state index contributed by atoms with van der Waals surface area (Å²) < 4.78 is 6.98. The zero-order valence-corrected chi connectivity index (χ0v) is 13.7. The second kappa shape index (κ2) is 7.23. The summed E-state index contributed by atoms with van der Waals surface area (Å²) in [6, 6.07) is 11.0. The third kappa shape index (κ3) is 3.78. The van der Waals surface area contributed by atoms with E-state index in [2.05, 4.69) is 15.3 Å². The molecule has 0 aliphatic heterocycles. The van der Waals surface area contributed by atoms with Gasteiger partial charge in [0.2, 0.25) is 0 Å². The molecule has 2 aromatic heterocycles. The summed E-state index contributed by atoms with van der Waals surface area (Å²) in [7, 11) is 0. The number of benzene rings is 1. The summed E-state index contributed by atoms with van der Waals surface area (Å²) in [5, 5.41) is 8.36. The van der Waals surface area contributed by atoms with Crippen molar-refractivity contribution in [3.05, 3.63) is 76.8 Å². The van der Waals surface area contributed by atoms with Crippen molar-refractivity contribution in [2.75, 3.05) is 0 Å². The molecule has 0 aliphatic rings. The SMILES string of the molecule is C[C@@H](OC(=O)c1cn(Cc2cccnc2)nn1)c1ccccc1Cl. The van der Waals surface area contributed by atoms with Gasteiger partial charge in [-0.3, -0.25) is 4.98 Å². The van der Waals surface area contributed by atoms with Crippen LogP contribution in [0.3, 0.4) is 0 Å². The van der Waals surface area contributed by atoms with Crippen LogP contribution in [-0.2, 0) is 11.3 Å². The van der Waals surface area contributed by atoms with E-state index >= 15 is 0 Å². The minimum Gasteiger partial charge on any atom is -0.453 e. The van der Waals surface area contributed by atoms with Gasteiger partial charge in [0.15, 0.2) is 5.69 Å². The molecule has 2 heterocycles. The highest BCUT2D eigenvalue weighted by molar-refractivity contribution is 6.31. The van der Waals surface area contributed by atoms with Crippen LogP contribution in [0.5, 0.6) is 0 Å². The molecule has 0 radical (unpaired) electrons. The molecular formula is C17H15ClN4O2. The first-order valence-corrected chi connectivity index (χ1v) is 7.75. The number of hydrogen-bond acceptors (Lipinski definition) is 5. The van der Waals surface area contributed by atoms with Crippen LogP contribution in [0.4, 0.5) is 0 Å². The van der Waals surface area contributed by atoms with Crippen LogP contribution in [0.25, 0.3) is 0 Å². The molecule has 1 aromatic carbocycles. The molecule has 0 unspecified atom stereocenters. The molecule has 0 aliphatic carbocycles. The van der Waals surface area contributed by atoms with Gasteiger partial charge >= 0.3 is 5.97 Å². The van der Waals surface area contributed by atoms with Crippen LogP contribution < -0.4 is 0 Å². The number of halogens is 1. The Morgan fingerprint density at radius 1 is 1.29 bits per heavy atom. The Morgan fingerprint density at radius 2 is 2.12 bits per heavy atom. The molecule has 0 amide bonds. The maximum absolute atomic E-state index is 12.2. The van der Waals surface area contributed by atoms with Crippen molar-refractivity contribution < 1.29 is 9.53 Å². The Balaban J connectivity index is 1.67. The highest BCUT2D eigenvalue weighted by Gasteiger charge is 2.18. The molecule has 0 fully saturated rings. The van der Waals surface area contributed by atoms with Crippen LogP contribution >= 0.6 is 11.6 Å². The van der Waals surface area contributed by atoms with Crippen LogP contribution in [0, 0.1) is 0 Å². The van der Waals surface area contributed by atoms with Gasteiger partial charge in [-0.25, -0.2) is 9.48 Å². The van der Waals surface area contributed by atoms with Crippen LogP contribution in [0.2, 0.25) is 5.02 Å². The second-order valence-corrected chi connectivity index (χ2v) is 5.64. The van der Waals surface area contributed by atoms with Crippen LogP contribution in [-0.4, -0.2) is 25.9 Å². The van der Waals surface area contributed by atoms with Crippen molar-refractivity contribution in [3.63, 3.8) is 0 Å². The number of ether oxygens (including phenoxy) is 1. The normalized spacial score (nSPS) is 11.9. The van der Waals surface area contributed by atoms with Crippen molar-refractivity contribution in [2.24, 2.45) is 0 Å². The predicted octanol–water partition coefficient (Wildman–Crippen LogP) is 3.29. The number of esters is 1. The fraction of sp³-hybridized carbons (Fsp3) is 0.176. The Bertz CT molecular complexity index is 835. The lowest BCUT2D eigenvalue weighted by atomic mass is 10.1. The summed E-state index contributed by atoms with van der Waals surface area (Å²) in [4.78, 5) is 16.3. The molecule has 0 N–H and O–H groups in total. The van der Waals surface area contributed by atoms with E-state index in [1.54, 1.807) is 36.3 Å². The van der Waals surface area contributed by atoms with E-state index in [1.165, 1.54) is 0 Å². The second-order valence-electron chi connectivity index (χ2n) is 5.23. The first-order valence-electron chi connectivity index (χ1n) is 7.38. The zero-order chi connectivity index (χ0) is 16.9. The number of carbonyl (C=O) groups excluding carboxylic acids is 1. The van der Waals surface area contributed by atoms with Gasteiger partial charge in [0.25, 0.3) is 0 Å². The predicted molar refractivity (Wildman–Crippen MR) is 88.6 cm³/mol. The smallest absolute Gasteiger partial charge is 0.361 e. The summed E-state index contributed by atoms with van der Waals surface area (Å²) in [5.41, 5.74) is 1.86. The van der Waals surface area contributed by atoms with Gasteiger partial charge in [0.05, 0.1) is 12.7 Å². The van der Waals surface area contributed by atoms with Gasteiger partial charge in [-0.2, -0.15) is 0 Å². The highest BCUT2D eigenvalue weighted by Crippen LogP contribution is 2.25. The van der Waals surface area contributed by atoms with Crippen molar-refractivity contribution in [1.29, 1.82) is 0 Å². The Morgan fingerprint density at radius 3 is 2.88 bits per heavy atom. The van der Waals surface area contributed by atoms with Gasteiger partial charge in [0.1, 0.15) is 6.10 Å². The molecule has 0 spiro atoms. The van der Waals surface area contributed by atoms with Crippen molar-refractivity contribution >= 4 is 17.6 Å². The molecule has 24 heavy (non-hydrogen) atoms. The number of carbonyl (C=O) groups is 1. The maximum atomic E-state index is 12.2. The van der Waals surface area contributed by atoms with Gasteiger partial charge in [-0.05, 0) is 24.6 Å². The molecular weight excluding hydrogens is 328 g/mol. The summed E-state index contributed by atoms with van der Waals surface area (Å²) in [6.45, 7) is 2.24. The maximum Gasteiger partial charge on any atom is 0.361 e.